The number of nitrogens with zero attached hydrogens (tertiary/aromatic N) is 3. The van der Waals surface area contributed by atoms with Crippen LogP contribution in [-0.2, 0) is 17.1 Å². The Hall–Kier alpha value is -3.16. The number of thioether (sulfide) groups is 1. The molecule has 0 saturated heterocycles. The molecule has 168 valence electrons. The molecule has 0 saturated carbocycles. The molecule has 4 aromatic rings. The minimum Gasteiger partial charge on any atom is -0.347 e. The molecule has 1 unspecified atom stereocenters. The van der Waals surface area contributed by atoms with Crippen molar-refractivity contribution in [3.63, 3.8) is 0 Å². The van der Waals surface area contributed by atoms with Crippen LogP contribution in [0.2, 0.25) is 0 Å². The van der Waals surface area contributed by atoms with Crippen molar-refractivity contribution in [3.8, 4) is 5.69 Å². The molecule has 0 fully saturated rings. The number of halogens is 2. The third-order valence-electron chi connectivity index (χ3n) is 5.02. The lowest BCUT2D eigenvalue weighted by Gasteiger charge is -2.13. The van der Waals surface area contributed by atoms with Crippen LogP contribution in [0.3, 0.4) is 0 Å². The average Bonchev–Trinajstić information content (AvgIpc) is 3.25. The highest BCUT2D eigenvalue weighted by Gasteiger charge is 2.20. The SMILES string of the molecule is Cc1ccc(-n2c(CNC(=O)C(Cl)c3ccccc3)nnc2SCc2ccc(F)cc2)cc1. The van der Waals surface area contributed by atoms with E-state index in [1.165, 1.54) is 23.9 Å². The second-order valence-electron chi connectivity index (χ2n) is 7.48. The smallest absolute Gasteiger partial charge is 0.242 e. The first-order chi connectivity index (χ1) is 16.0. The number of hydrogen-bond donors (Lipinski definition) is 1. The summed E-state index contributed by atoms with van der Waals surface area (Å²) >= 11 is 7.84. The molecule has 0 aliphatic rings. The molecule has 1 N–H and O–H groups in total. The zero-order chi connectivity index (χ0) is 23.2. The van der Waals surface area contributed by atoms with Gasteiger partial charge < -0.3 is 5.32 Å². The largest absolute Gasteiger partial charge is 0.347 e. The van der Waals surface area contributed by atoms with Crippen LogP contribution >= 0.6 is 23.4 Å². The molecule has 5 nitrogen and oxygen atoms in total. The van der Waals surface area contributed by atoms with Gasteiger partial charge in [0, 0.05) is 11.4 Å². The van der Waals surface area contributed by atoms with Crippen molar-refractivity contribution in [1.29, 1.82) is 0 Å². The summed E-state index contributed by atoms with van der Waals surface area (Å²) in [6, 6.07) is 23.6. The summed E-state index contributed by atoms with van der Waals surface area (Å²) in [4.78, 5) is 12.6. The summed E-state index contributed by atoms with van der Waals surface area (Å²) in [7, 11) is 0. The Morgan fingerprint density at radius 1 is 1.03 bits per heavy atom. The Morgan fingerprint density at radius 2 is 1.73 bits per heavy atom. The van der Waals surface area contributed by atoms with E-state index in [4.69, 9.17) is 11.6 Å². The van der Waals surface area contributed by atoms with Crippen molar-refractivity contribution in [2.75, 3.05) is 0 Å². The maximum atomic E-state index is 13.2. The van der Waals surface area contributed by atoms with Crippen molar-refractivity contribution >= 4 is 29.3 Å². The number of carbonyl (C=O) groups is 1. The molecule has 33 heavy (non-hydrogen) atoms. The van der Waals surface area contributed by atoms with Gasteiger partial charge in [-0.1, -0.05) is 71.9 Å². The van der Waals surface area contributed by atoms with Gasteiger partial charge in [0.2, 0.25) is 5.91 Å². The van der Waals surface area contributed by atoms with E-state index in [1.807, 2.05) is 66.1 Å². The maximum absolute atomic E-state index is 13.2. The van der Waals surface area contributed by atoms with Crippen LogP contribution in [0.15, 0.2) is 84.0 Å². The van der Waals surface area contributed by atoms with E-state index in [2.05, 4.69) is 15.5 Å². The van der Waals surface area contributed by atoms with Crippen LogP contribution in [0.1, 0.15) is 27.9 Å². The molecule has 1 amide bonds. The van der Waals surface area contributed by atoms with Crippen LogP contribution in [0.5, 0.6) is 0 Å². The fraction of sp³-hybridized carbons (Fsp3) is 0.160. The average molecular weight is 481 g/mol. The Morgan fingerprint density at radius 3 is 2.42 bits per heavy atom. The maximum Gasteiger partial charge on any atom is 0.242 e. The van der Waals surface area contributed by atoms with E-state index in [9.17, 15) is 9.18 Å². The van der Waals surface area contributed by atoms with Crippen molar-refractivity contribution in [1.82, 2.24) is 20.1 Å². The molecule has 4 rings (SSSR count). The molecule has 0 aliphatic heterocycles. The van der Waals surface area contributed by atoms with Gasteiger partial charge in [-0.25, -0.2) is 4.39 Å². The summed E-state index contributed by atoms with van der Waals surface area (Å²) in [6.45, 7) is 2.19. The number of benzene rings is 3. The summed E-state index contributed by atoms with van der Waals surface area (Å²) in [6.07, 6.45) is 0. The quantitative estimate of drug-likeness (QED) is 0.263. The Labute approximate surface area is 201 Å². The third-order valence-corrected chi connectivity index (χ3v) is 6.47. The highest BCUT2D eigenvalue weighted by Crippen LogP contribution is 2.26. The van der Waals surface area contributed by atoms with Gasteiger partial charge >= 0.3 is 0 Å². The molecule has 1 atom stereocenters. The van der Waals surface area contributed by atoms with Gasteiger partial charge in [-0.3, -0.25) is 9.36 Å². The van der Waals surface area contributed by atoms with Gasteiger partial charge in [0.1, 0.15) is 11.2 Å². The number of alkyl halides is 1. The van der Waals surface area contributed by atoms with Gasteiger partial charge in [-0.15, -0.1) is 21.8 Å². The summed E-state index contributed by atoms with van der Waals surface area (Å²) in [5.74, 6) is 0.624. The second kappa shape index (κ2) is 10.6. The van der Waals surface area contributed by atoms with E-state index < -0.39 is 5.38 Å². The lowest BCUT2D eigenvalue weighted by molar-refractivity contribution is -0.121. The number of nitrogens with one attached hydrogen (secondary N) is 1. The molecule has 1 heterocycles. The normalized spacial score (nSPS) is 11.8. The van der Waals surface area contributed by atoms with Crippen LogP contribution in [0.4, 0.5) is 4.39 Å². The second-order valence-corrected chi connectivity index (χ2v) is 8.85. The zero-order valence-corrected chi connectivity index (χ0v) is 19.5. The van der Waals surface area contributed by atoms with Gasteiger partial charge in [-0.05, 0) is 42.3 Å². The minimum atomic E-state index is -0.797. The molecule has 3 aromatic carbocycles. The van der Waals surface area contributed by atoms with E-state index in [0.717, 1.165) is 22.4 Å². The highest BCUT2D eigenvalue weighted by molar-refractivity contribution is 7.98. The lowest BCUT2D eigenvalue weighted by Crippen LogP contribution is -2.27. The Balaban J connectivity index is 1.53. The van der Waals surface area contributed by atoms with Crippen LogP contribution in [0.25, 0.3) is 5.69 Å². The van der Waals surface area contributed by atoms with E-state index in [-0.39, 0.29) is 18.3 Å². The number of hydrogen-bond acceptors (Lipinski definition) is 4. The topological polar surface area (TPSA) is 59.8 Å². The van der Waals surface area contributed by atoms with E-state index in [0.29, 0.717) is 16.7 Å². The Bertz CT molecular complexity index is 1210. The molecule has 8 heteroatoms. The van der Waals surface area contributed by atoms with Crippen molar-refractivity contribution in [2.24, 2.45) is 0 Å². The Kier molecular flexibility index (Phi) is 7.42. The zero-order valence-electron chi connectivity index (χ0n) is 17.9. The van der Waals surface area contributed by atoms with Crippen molar-refractivity contribution in [2.45, 2.75) is 29.8 Å². The summed E-state index contributed by atoms with van der Waals surface area (Å²) in [5.41, 5.74) is 3.73. The molecule has 1 aromatic heterocycles. The van der Waals surface area contributed by atoms with Gasteiger partial charge in [0.15, 0.2) is 11.0 Å². The predicted molar refractivity (Wildman–Crippen MR) is 129 cm³/mol. The van der Waals surface area contributed by atoms with E-state index in [1.54, 1.807) is 12.1 Å². The van der Waals surface area contributed by atoms with Crippen LogP contribution in [0, 0.1) is 12.7 Å². The van der Waals surface area contributed by atoms with Crippen LogP contribution in [-0.4, -0.2) is 20.7 Å². The predicted octanol–water partition coefficient (Wildman–Crippen LogP) is 5.60. The van der Waals surface area contributed by atoms with Gasteiger partial charge in [0.05, 0.1) is 6.54 Å². The number of carbonyl (C=O) groups excluding carboxylic acids is 1. The molecule has 0 radical (unpaired) electrons. The fourth-order valence-corrected chi connectivity index (χ4v) is 4.37. The highest BCUT2D eigenvalue weighted by atomic mass is 35.5. The third kappa shape index (κ3) is 5.80. The molecule has 0 bridgehead atoms. The minimum absolute atomic E-state index is 0.173. The molecule has 0 spiro atoms. The lowest BCUT2D eigenvalue weighted by atomic mass is 10.1. The summed E-state index contributed by atoms with van der Waals surface area (Å²) in [5, 5.41) is 11.4. The van der Waals surface area contributed by atoms with Crippen molar-refractivity contribution in [3.05, 3.63) is 107 Å². The molecule has 0 aliphatic carbocycles. The number of amides is 1. The first-order valence-electron chi connectivity index (χ1n) is 10.4. The summed E-state index contributed by atoms with van der Waals surface area (Å²) < 4.78 is 15.1. The first kappa shape index (κ1) is 23.0. The van der Waals surface area contributed by atoms with Crippen molar-refractivity contribution < 1.29 is 9.18 Å². The standard InChI is InChI=1S/C25H22ClFN4OS/c1-17-7-13-21(14-8-17)31-22(15-28-24(32)23(26)19-5-3-2-4-6-19)29-30-25(31)33-16-18-9-11-20(27)12-10-18/h2-14,23H,15-16H2,1H3,(H,28,32). The number of rotatable bonds is 8. The monoisotopic (exact) mass is 480 g/mol. The van der Waals surface area contributed by atoms with Crippen LogP contribution < -0.4 is 5.32 Å². The molecular weight excluding hydrogens is 459 g/mol. The molecular formula is C25H22ClFN4OS. The van der Waals surface area contributed by atoms with Gasteiger partial charge in [0.25, 0.3) is 0 Å². The number of aryl methyl sites for hydroxylation is 1. The first-order valence-corrected chi connectivity index (χ1v) is 11.8. The van der Waals surface area contributed by atoms with Gasteiger partial charge in [-0.2, -0.15) is 0 Å². The fourth-order valence-electron chi connectivity index (χ4n) is 3.22. The van der Waals surface area contributed by atoms with E-state index >= 15 is 0 Å². The number of aromatic nitrogens is 3.